The van der Waals surface area contributed by atoms with E-state index in [1.54, 1.807) is 0 Å². The molecule has 116 valence electrons. The van der Waals surface area contributed by atoms with Crippen LogP contribution in [0.2, 0.25) is 0 Å². The van der Waals surface area contributed by atoms with E-state index >= 15 is 0 Å². The van der Waals surface area contributed by atoms with Crippen molar-refractivity contribution in [1.82, 2.24) is 0 Å². The molecule has 0 bridgehead atoms. The average molecular weight is 284 g/mol. The molecule has 0 rings (SSSR count). The first-order chi connectivity index (χ1) is 9.51. The topological polar surface area (TPSA) is 52.6 Å². The Morgan fingerprint density at radius 1 is 1.00 bits per heavy atom. The fraction of sp³-hybridized carbons (Fsp3) is 0.750. The summed E-state index contributed by atoms with van der Waals surface area (Å²) in [6.07, 6.45) is 5.41. The van der Waals surface area contributed by atoms with Crippen LogP contribution in [0.5, 0.6) is 0 Å². The lowest BCUT2D eigenvalue weighted by Crippen LogP contribution is -2.13. The van der Waals surface area contributed by atoms with Gasteiger partial charge in [0.15, 0.2) is 0 Å². The van der Waals surface area contributed by atoms with E-state index in [1.165, 1.54) is 6.08 Å². The maximum absolute atomic E-state index is 11.9. The first-order valence-corrected chi connectivity index (χ1v) is 7.55. The molecule has 0 amide bonds. The van der Waals surface area contributed by atoms with E-state index < -0.39 is 11.9 Å². The van der Waals surface area contributed by atoms with Crippen LogP contribution in [0.1, 0.15) is 59.8 Å². The number of unbranched alkanes of at least 4 members (excludes halogenated alkanes) is 2. The molecule has 0 spiro atoms. The quantitative estimate of drug-likeness (QED) is 0.349. The summed E-state index contributed by atoms with van der Waals surface area (Å²) in [5, 5.41) is 0. The average Bonchev–Trinajstić information content (AvgIpc) is 2.38. The van der Waals surface area contributed by atoms with Crippen molar-refractivity contribution in [3.63, 3.8) is 0 Å². The van der Waals surface area contributed by atoms with Gasteiger partial charge in [-0.1, -0.05) is 40.5 Å². The van der Waals surface area contributed by atoms with E-state index in [-0.39, 0.29) is 5.92 Å². The zero-order valence-corrected chi connectivity index (χ0v) is 13.2. The summed E-state index contributed by atoms with van der Waals surface area (Å²) in [6.45, 7) is 8.84. The van der Waals surface area contributed by atoms with Gasteiger partial charge in [0.2, 0.25) is 0 Å². The minimum absolute atomic E-state index is 0.281. The van der Waals surface area contributed by atoms with Crippen molar-refractivity contribution in [3.8, 4) is 0 Å². The summed E-state index contributed by atoms with van der Waals surface area (Å²) in [5.74, 6) is -0.579. The van der Waals surface area contributed by atoms with E-state index in [4.69, 9.17) is 9.47 Å². The van der Waals surface area contributed by atoms with Crippen molar-refractivity contribution in [1.29, 1.82) is 0 Å². The zero-order chi connectivity index (χ0) is 15.4. The standard InChI is InChI=1S/C16H28O4/c1-5-7-9-19-15(17)12-14(11-13(3)4)16(18)20-10-8-6-2/h12-13H,5-11H2,1-4H3/b14-12-. The molecule has 0 aromatic heterocycles. The summed E-state index contributed by atoms with van der Waals surface area (Å²) in [6, 6.07) is 0. The van der Waals surface area contributed by atoms with Gasteiger partial charge in [-0.25, -0.2) is 9.59 Å². The molecule has 0 aliphatic heterocycles. The van der Waals surface area contributed by atoms with E-state index in [2.05, 4.69) is 0 Å². The van der Waals surface area contributed by atoms with Gasteiger partial charge in [-0.15, -0.1) is 0 Å². The summed E-state index contributed by atoms with van der Waals surface area (Å²) < 4.78 is 10.2. The van der Waals surface area contributed by atoms with Crippen molar-refractivity contribution in [2.24, 2.45) is 5.92 Å². The highest BCUT2D eigenvalue weighted by molar-refractivity contribution is 5.96. The third-order valence-corrected chi connectivity index (χ3v) is 2.66. The summed E-state index contributed by atoms with van der Waals surface area (Å²) in [4.78, 5) is 23.6. The predicted molar refractivity (Wildman–Crippen MR) is 79.3 cm³/mol. The lowest BCUT2D eigenvalue weighted by atomic mass is 10.0. The van der Waals surface area contributed by atoms with Gasteiger partial charge in [0.05, 0.1) is 13.2 Å². The van der Waals surface area contributed by atoms with E-state index in [1.807, 2.05) is 27.7 Å². The summed E-state index contributed by atoms with van der Waals surface area (Å²) in [5.41, 5.74) is 0.401. The normalized spacial score (nSPS) is 11.6. The Kier molecular flexibility index (Phi) is 10.7. The van der Waals surface area contributed by atoms with E-state index in [0.717, 1.165) is 25.7 Å². The second kappa shape index (κ2) is 11.5. The van der Waals surface area contributed by atoms with E-state index in [9.17, 15) is 9.59 Å². The molecular formula is C16H28O4. The maximum Gasteiger partial charge on any atom is 0.334 e. The molecule has 0 aliphatic carbocycles. The Balaban J connectivity index is 4.51. The Hall–Kier alpha value is -1.32. The smallest absolute Gasteiger partial charge is 0.334 e. The first kappa shape index (κ1) is 18.7. The predicted octanol–water partition coefficient (Wildman–Crippen LogP) is 3.65. The molecule has 0 saturated carbocycles. The SMILES string of the molecule is CCCCOC(=O)/C=C(/CC(C)C)C(=O)OCCCC. The molecule has 0 unspecified atom stereocenters. The zero-order valence-electron chi connectivity index (χ0n) is 13.2. The molecule has 0 heterocycles. The second-order valence-corrected chi connectivity index (χ2v) is 5.28. The Morgan fingerprint density at radius 2 is 1.55 bits per heavy atom. The van der Waals surface area contributed by atoms with Crippen LogP contribution in [0.3, 0.4) is 0 Å². The largest absolute Gasteiger partial charge is 0.463 e. The van der Waals surface area contributed by atoms with Crippen LogP contribution < -0.4 is 0 Å². The molecule has 0 aromatic carbocycles. The molecular weight excluding hydrogens is 256 g/mol. The van der Waals surface area contributed by atoms with E-state index in [0.29, 0.717) is 25.2 Å². The Bertz CT molecular complexity index is 318. The van der Waals surface area contributed by atoms with Crippen LogP contribution >= 0.6 is 0 Å². The van der Waals surface area contributed by atoms with Crippen LogP contribution in [0.15, 0.2) is 11.6 Å². The van der Waals surface area contributed by atoms with Crippen molar-refractivity contribution < 1.29 is 19.1 Å². The number of rotatable bonds is 10. The molecule has 0 saturated heterocycles. The van der Waals surface area contributed by atoms with Crippen molar-refractivity contribution in [2.75, 3.05) is 13.2 Å². The van der Waals surface area contributed by atoms with Gasteiger partial charge in [0.1, 0.15) is 0 Å². The van der Waals surface area contributed by atoms with Gasteiger partial charge in [-0.3, -0.25) is 0 Å². The monoisotopic (exact) mass is 284 g/mol. The molecule has 0 atom stereocenters. The van der Waals surface area contributed by atoms with Crippen LogP contribution in [0.4, 0.5) is 0 Å². The van der Waals surface area contributed by atoms with Gasteiger partial charge in [0.25, 0.3) is 0 Å². The number of esters is 2. The van der Waals surface area contributed by atoms with Gasteiger partial charge in [-0.2, -0.15) is 0 Å². The third-order valence-electron chi connectivity index (χ3n) is 2.66. The lowest BCUT2D eigenvalue weighted by molar-refractivity contribution is -0.141. The van der Waals surface area contributed by atoms with Crippen molar-refractivity contribution in [2.45, 2.75) is 59.8 Å². The molecule has 0 aromatic rings. The summed E-state index contributed by atoms with van der Waals surface area (Å²) in [7, 11) is 0. The molecule has 0 fully saturated rings. The molecule has 0 aliphatic rings. The highest BCUT2D eigenvalue weighted by atomic mass is 16.5. The first-order valence-electron chi connectivity index (χ1n) is 7.55. The molecule has 0 radical (unpaired) electrons. The van der Waals surface area contributed by atoms with Crippen LogP contribution in [-0.4, -0.2) is 25.2 Å². The number of hydrogen-bond donors (Lipinski definition) is 0. The van der Waals surface area contributed by atoms with Gasteiger partial charge in [-0.05, 0) is 25.2 Å². The number of carbonyl (C=O) groups is 2. The lowest BCUT2D eigenvalue weighted by Gasteiger charge is -2.10. The Morgan fingerprint density at radius 3 is 2.05 bits per heavy atom. The van der Waals surface area contributed by atoms with Gasteiger partial charge >= 0.3 is 11.9 Å². The van der Waals surface area contributed by atoms with Crippen molar-refractivity contribution >= 4 is 11.9 Å². The van der Waals surface area contributed by atoms with Gasteiger partial charge in [0, 0.05) is 11.6 Å². The number of ether oxygens (including phenoxy) is 2. The molecule has 20 heavy (non-hydrogen) atoms. The minimum Gasteiger partial charge on any atom is -0.463 e. The van der Waals surface area contributed by atoms with Crippen LogP contribution in [0, 0.1) is 5.92 Å². The van der Waals surface area contributed by atoms with Gasteiger partial charge < -0.3 is 9.47 Å². The third kappa shape index (κ3) is 9.59. The molecule has 4 heteroatoms. The minimum atomic E-state index is -0.457. The fourth-order valence-corrected chi connectivity index (χ4v) is 1.54. The maximum atomic E-state index is 11.9. The fourth-order valence-electron chi connectivity index (χ4n) is 1.54. The highest BCUT2D eigenvalue weighted by Gasteiger charge is 2.15. The molecule has 0 N–H and O–H groups in total. The summed E-state index contributed by atoms with van der Waals surface area (Å²) >= 11 is 0. The van der Waals surface area contributed by atoms with Crippen LogP contribution in [-0.2, 0) is 19.1 Å². The van der Waals surface area contributed by atoms with Crippen LogP contribution in [0.25, 0.3) is 0 Å². The highest BCUT2D eigenvalue weighted by Crippen LogP contribution is 2.13. The van der Waals surface area contributed by atoms with Crippen molar-refractivity contribution in [3.05, 3.63) is 11.6 Å². The number of hydrogen-bond acceptors (Lipinski definition) is 4. The number of carbonyl (C=O) groups excluding carboxylic acids is 2. The second-order valence-electron chi connectivity index (χ2n) is 5.28. The molecule has 4 nitrogen and oxygen atoms in total. The Labute approximate surface area is 122 Å².